The van der Waals surface area contributed by atoms with Crippen molar-refractivity contribution in [2.45, 2.75) is 13.8 Å². The first kappa shape index (κ1) is 18.5. The summed E-state index contributed by atoms with van der Waals surface area (Å²) >= 11 is 6.00. The second-order valence-corrected chi connectivity index (χ2v) is 6.59. The molecule has 0 fully saturated rings. The fraction of sp³-hybridized carbons (Fsp3) is 0.0909. The maximum atomic E-state index is 12.6. The number of aromatic nitrogens is 1. The van der Waals surface area contributed by atoms with E-state index in [1.807, 2.05) is 73.0 Å². The van der Waals surface area contributed by atoms with E-state index in [0.29, 0.717) is 10.7 Å². The van der Waals surface area contributed by atoms with Crippen LogP contribution in [0.1, 0.15) is 17.0 Å². The third-order valence-electron chi connectivity index (χ3n) is 4.23. The predicted octanol–water partition coefficient (Wildman–Crippen LogP) is 5.29. The number of para-hydroxylation sites is 1. The number of benzene rings is 2. The Bertz CT molecular complexity index is 1060. The van der Waals surface area contributed by atoms with Crippen molar-refractivity contribution in [2.24, 2.45) is 0 Å². The Morgan fingerprint density at radius 1 is 1.11 bits per heavy atom. The van der Waals surface area contributed by atoms with Crippen molar-refractivity contribution in [1.82, 2.24) is 4.57 Å². The summed E-state index contributed by atoms with van der Waals surface area (Å²) < 4.78 is 2.00. The normalized spacial score (nSPS) is 11.1. The van der Waals surface area contributed by atoms with E-state index < -0.39 is 5.91 Å². The summed E-state index contributed by atoms with van der Waals surface area (Å²) in [7, 11) is 0. The van der Waals surface area contributed by atoms with Gasteiger partial charge < -0.3 is 9.88 Å². The van der Waals surface area contributed by atoms with Gasteiger partial charge in [0.15, 0.2) is 0 Å². The molecule has 1 N–H and O–H groups in total. The van der Waals surface area contributed by atoms with Crippen molar-refractivity contribution in [2.75, 3.05) is 5.32 Å². The van der Waals surface area contributed by atoms with Gasteiger partial charge >= 0.3 is 0 Å². The predicted molar refractivity (Wildman–Crippen MR) is 109 cm³/mol. The number of nitriles is 1. The van der Waals surface area contributed by atoms with Crippen LogP contribution in [0, 0.1) is 25.2 Å². The van der Waals surface area contributed by atoms with E-state index in [9.17, 15) is 10.1 Å². The van der Waals surface area contributed by atoms with Crippen LogP contribution in [0.25, 0.3) is 11.8 Å². The lowest BCUT2D eigenvalue weighted by Crippen LogP contribution is -2.14. The number of aryl methyl sites for hydroxylation is 2. The highest BCUT2D eigenvalue weighted by atomic mass is 35.5. The molecule has 27 heavy (non-hydrogen) atoms. The standard InChI is InChI=1S/C22H18ClN3O/c1-15-8-10-18(23)13-21(15)25-22(27)17(14-24)12-20-11-9-16(2)26(20)19-6-4-3-5-7-19/h3-13H,1-2H3,(H,25,27)/b17-12-. The molecule has 0 aliphatic heterocycles. The number of carbonyl (C=O) groups is 1. The van der Waals surface area contributed by atoms with E-state index in [4.69, 9.17) is 11.6 Å². The van der Waals surface area contributed by atoms with E-state index in [2.05, 4.69) is 5.32 Å². The molecule has 1 aromatic heterocycles. The van der Waals surface area contributed by atoms with Gasteiger partial charge in [0, 0.05) is 27.8 Å². The van der Waals surface area contributed by atoms with Crippen LogP contribution in [0.15, 0.2) is 66.2 Å². The van der Waals surface area contributed by atoms with Crippen LogP contribution in [-0.4, -0.2) is 10.5 Å². The average molecular weight is 376 g/mol. The first-order chi connectivity index (χ1) is 13.0. The fourth-order valence-electron chi connectivity index (χ4n) is 2.82. The Morgan fingerprint density at radius 3 is 2.56 bits per heavy atom. The molecule has 1 heterocycles. The second kappa shape index (κ2) is 7.94. The lowest BCUT2D eigenvalue weighted by atomic mass is 10.1. The third-order valence-corrected chi connectivity index (χ3v) is 4.46. The maximum absolute atomic E-state index is 12.6. The highest BCUT2D eigenvalue weighted by molar-refractivity contribution is 6.31. The van der Waals surface area contributed by atoms with Crippen LogP contribution >= 0.6 is 11.6 Å². The molecule has 0 aliphatic rings. The molecule has 0 spiro atoms. The van der Waals surface area contributed by atoms with Crippen molar-refractivity contribution in [3.8, 4) is 11.8 Å². The number of nitrogens with zero attached hydrogens (tertiary/aromatic N) is 2. The molecule has 0 saturated heterocycles. The van der Waals surface area contributed by atoms with Gasteiger partial charge in [-0.15, -0.1) is 0 Å². The molecule has 1 amide bonds. The molecule has 3 aromatic rings. The molecule has 0 atom stereocenters. The van der Waals surface area contributed by atoms with Gasteiger partial charge in [-0.25, -0.2) is 0 Å². The molecule has 134 valence electrons. The molecular formula is C22H18ClN3O. The van der Waals surface area contributed by atoms with Crippen molar-refractivity contribution >= 4 is 29.3 Å². The van der Waals surface area contributed by atoms with E-state index in [1.165, 1.54) is 0 Å². The number of nitrogens with one attached hydrogen (secondary N) is 1. The molecule has 4 nitrogen and oxygen atoms in total. The number of halogens is 1. The first-order valence-electron chi connectivity index (χ1n) is 8.42. The third kappa shape index (κ3) is 4.11. The summed E-state index contributed by atoms with van der Waals surface area (Å²) in [6, 6.07) is 20.9. The van der Waals surface area contributed by atoms with Crippen LogP contribution < -0.4 is 5.32 Å². The summed E-state index contributed by atoms with van der Waals surface area (Å²) in [6.07, 6.45) is 1.59. The summed E-state index contributed by atoms with van der Waals surface area (Å²) in [6.45, 7) is 3.84. The maximum Gasteiger partial charge on any atom is 0.266 e. The van der Waals surface area contributed by atoms with Gasteiger partial charge in [0.05, 0.1) is 0 Å². The smallest absolute Gasteiger partial charge is 0.266 e. The minimum atomic E-state index is -0.471. The SMILES string of the molecule is Cc1ccc(Cl)cc1NC(=O)/C(C#N)=C\c1ccc(C)n1-c1ccccc1. The number of amides is 1. The molecule has 2 aromatic carbocycles. The van der Waals surface area contributed by atoms with Gasteiger partial charge in [0.2, 0.25) is 0 Å². The molecule has 5 heteroatoms. The molecule has 0 radical (unpaired) electrons. The Morgan fingerprint density at radius 2 is 1.85 bits per heavy atom. The number of carbonyl (C=O) groups excluding carboxylic acids is 1. The van der Waals surface area contributed by atoms with Gasteiger partial charge in [-0.2, -0.15) is 5.26 Å². The minimum Gasteiger partial charge on any atom is -0.321 e. The monoisotopic (exact) mass is 375 g/mol. The lowest BCUT2D eigenvalue weighted by molar-refractivity contribution is -0.112. The van der Waals surface area contributed by atoms with Crippen molar-refractivity contribution in [1.29, 1.82) is 5.26 Å². The zero-order chi connectivity index (χ0) is 19.4. The van der Waals surface area contributed by atoms with Gasteiger partial charge in [-0.1, -0.05) is 35.9 Å². The van der Waals surface area contributed by atoms with Crippen molar-refractivity contribution < 1.29 is 4.79 Å². The zero-order valence-corrected chi connectivity index (χ0v) is 15.8. The van der Waals surface area contributed by atoms with Crippen LogP contribution in [0.5, 0.6) is 0 Å². The largest absolute Gasteiger partial charge is 0.321 e. The van der Waals surface area contributed by atoms with Crippen molar-refractivity contribution in [3.05, 3.63) is 88.2 Å². The van der Waals surface area contributed by atoms with Gasteiger partial charge in [0.1, 0.15) is 11.6 Å². The van der Waals surface area contributed by atoms with Crippen LogP contribution in [0.2, 0.25) is 5.02 Å². The van der Waals surface area contributed by atoms with Gasteiger partial charge in [0.25, 0.3) is 5.91 Å². The number of anilines is 1. The van der Waals surface area contributed by atoms with E-state index >= 15 is 0 Å². The second-order valence-electron chi connectivity index (χ2n) is 6.15. The topological polar surface area (TPSA) is 57.8 Å². The van der Waals surface area contributed by atoms with Gasteiger partial charge in [-0.3, -0.25) is 4.79 Å². The number of rotatable bonds is 4. The van der Waals surface area contributed by atoms with Crippen molar-refractivity contribution in [3.63, 3.8) is 0 Å². The summed E-state index contributed by atoms with van der Waals surface area (Å²) in [5.41, 5.74) is 4.21. The Hall–Kier alpha value is -3.29. The first-order valence-corrected chi connectivity index (χ1v) is 8.80. The van der Waals surface area contributed by atoms with E-state index in [1.54, 1.807) is 18.2 Å². The lowest BCUT2D eigenvalue weighted by Gasteiger charge is -2.11. The van der Waals surface area contributed by atoms with Crippen LogP contribution in [-0.2, 0) is 4.79 Å². The number of hydrogen-bond donors (Lipinski definition) is 1. The molecular weight excluding hydrogens is 358 g/mol. The Labute approximate surface area is 163 Å². The Kier molecular flexibility index (Phi) is 5.44. The van der Waals surface area contributed by atoms with Gasteiger partial charge in [-0.05, 0) is 61.9 Å². The minimum absolute atomic E-state index is 0.0182. The summed E-state index contributed by atoms with van der Waals surface area (Å²) in [4.78, 5) is 12.6. The molecule has 3 rings (SSSR count). The average Bonchev–Trinajstić information content (AvgIpc) is 3.03. The fourth-order valence-corrected chi connectivity index (χ4v) is 2.99. The highest BCUT2D eigenvalue weighted by Gasteiger charge is 2.13. The molecule has 0 saturated carbocycles. The molecule has 0 unspecified atom stereocenters. The summed E-state index contributed by atoms with van der Waals surface area (Å²) in [5, 5.41) is 12.8. The zero-order valence-electron chi connectivity index (χ0n) is 15.0. The summed E-state index contributed by atoms with van der Waals surface area (Å²) in [5.74, 6) is -0.471. The Balaban J connectivity index is 1.95. The van der Waals surface area contributed by atoms with Crippen LogP contribution in [0.3, 0.4) is 0 Å². The molecule has 0 aliphatic carbocycles. The van der Waals surface area contributed by atoms with E-state index in [-0.39, 0.29) is 5.57 Å². The van der Waals surface area contributed by atoms with E-state index in [0.717, 1.165) is 22.6 Å². The van der Waals surface area contributed by atoms with Crippen LogP contribution in [0.4, 0.5) is 5.69 Å². The molecule has 0 bridgehead atoms. The quantitative estimate of drug-likeness (QED) is 0.497. The number of hydrogen-bond acceptors (Lipinski definition) is 2. The highest BCUT2D eigenvalue weighted by Crippen LogP contribution is 2.22.